The number of methoxy groups -OCH3 is 1. The van der Waals surface area contributed by atoms with Crippen molar-refractivity contribution in [2.45, 2.75) is 20.0 Å². The molecule has 3 heterocycles. The number of fused-ring (bicyclic) bond motifs is 3. The van der Waals surface area contributed by atoms with Crippen molar-refractivity contribution in [2.75, 3.05) is 7.11 Å². The number of benzene rings is 1. The van der Waals surface area contributed by atoms with E-state index in [1.165, 1.54) is 11.5 Å². The first-order valence-electron chi connectivity index (χ1n) is 7.52. The zero-order valence-electron chi connectivity index (χ0n) is 13.5. The van der Waals surface area contributed by atoms with Crippen LogP contribution in [0.3, 0.4) is 0 Å². The minimum absolute atomic E-state index is 0.519. The molecule has 0 aliphatic heterocycles. The zero-order valence-corrected chi connectivity index (χ0v) is 14.3. The number of aliphatic hydroxyl groups excluding tert-OH is 1. The van der Waals surface area contributed by atoms with E-state index in [-0.39, 0.29) is 0 Å². The van der Waals surface area contributed by atoms with E-state index in [1.54, 1.807) is 13.3 Å². The molecule has 0 radical (unpaired) electrons. The second-order valence-electron chi connectivity index (χ2n) is 5.65. The number of para-hydroxylation sites is 2. The predicted octanol–water partition coefficient (Wildman–Crippen LogP) is 3.05. The minimum Gasteiger partial charge on any atom is -0.496 e. The topological polar surface area (TPSA) is 72.5 Å². The Kier molecular flexibility index (Phi) is 3.47. The Morgan fingerprint density at radius 3 is 2.83 bits per heavy atom. The lowest BCUT2D eigenvalue weighted by molar-refractivity contribution is 0.203. The maximum Gasteiger partial charge on any atom is 0.214 e. The molecule has 7 heteroatoms. The molecular formula is C17H16N4O2S. The second kappa shape index (κ2) is 5.54. The molecule has 0 aliphatic rings. The van der Waals surface area contributed by atoms with Gasteiger partial charge in [0.05, 0.1) is 23.8 Å². The van der Waals surface area contributed by atoms with Gasteiger partial charge in [0.2, 0.25) is 4.96 Å². The standard InChI is InChI=1S/C17H16N4O2S/c1-9-8-18-13(10(2)15(9)23-3)14(22)16-20-24-17-19-11-6-4-5-7-12(11)21(16)17/h4-8,14,22H,1-3H3. The molecule has 0 bridgehead atoms. The fourth-order valence-electron chi connectivity index (χ4n) is 3.03. The number of aromatic nitrogens is 4. The highest BCUT2D eigenvalue weighted by Gasteiger charge is 2.24. The molecule has 1 atom stereocenters. The highest BCUT2D eigenvalue weighted by Crippen LogP contribution is 2.32. The van der Waals surface area contributed by atoms with Crippen LogP contribution in [0.2, 0.25) is 0 Å². The third-order valence-corrected chi connectivity index (χ3v) is 4.88. The molecular weight excluding hydrogens is 324 g/mol. The van der Waals surface area contributed by atoms with Gasteiger partial charge in [-0.15, -0.1) is 0 Å². The first kappa shape index (κ1) is 15.0. The third-order valence-electron chi connectivity index (χ3n) is 4.17. The molecule has 122 valence electrons. The molecule has 1 unspecified atom stereocenters. The number of ether oxygens (including phenoxy) is 1. The zero-order chi connectivity index (χ0) is 16.8. The van der Waals surface area contributed by atoms with Crippen molar-refractivity contribution in [1.29, 1.82) is 0 Å². The van der Waals surface area contributed by atoms with Gasteiger partial charge in [0.1, 0.15) is 5.75 Å². The SMILES string of the molecule is COc1c(C)cnc(C(O)c2nsc3nc4ccccc4n23)c1C. The van der Waals surface area contributed by atoms with Crippen molar-refractivity contribution >= 4 is 27.5 Å². The average molecular weight is 340 g/mol. The Morgan fingerprint density at radius 2 is 2.04 bits per heavy atom. The number of hydrogen-bond acceptors (Lipinski definition) is 6. The smallest absolute Gasteiger partial charge is 0.214 e. The Morgan fingerprint density at radius 1 is 1.25 bits per heavy atom. The van der Waals surface area contributed by atoms with Gasteiger partial charge in [-0.25, -0.2) is 4.98 Å². The first-order valence-corrected chi connectivity index (χ1v) is 8.30. The average Bonchev–Trinajstić information content (AvgIpc) is 3.14. The molecule has 3 aromatic heterocycles. The van der Waals surface area contributed by atoms with Crippen molar-refractivity contribution in [2.24, 2.45) is 0 Å². The lowest BCUT2D eigenvalue weighted by Gasteiger charge is -2.15. The summed E-state index contributed by atoms with van der Waals surface area (Å²) in [6, 6.07) is 7.81. The van der Waals surface area contributed by atoms with Crippen LogP contribution >= 0.6 is 11.5 Å². The number of hydrogen-bond donors (Lipinski definition) is 1. The van der Waals surface area contributed by atoms with E-state index in [9.17, 15) is 5.11 Å². The third kappa shape index (κ3) is 2.09. The van der Waals surface area contributed by atoms with Crippen LogP contribution in [0.25, 0.3) is 16.0 Å². The fourth-order valence-corrected chi connectivity index (χ4v) is 3.80. The molecule has 6 nitrogen and oxygen atoms in total. The molecule has 0 amide bonds. The summed E-state index contributed by atoms with van der Waals surface area (Å²) in [4.78, 5) is 9.71. The lowest BCUT2D eigenvalue weighted by atomic mass is 10.1. The maximum absolute atomic E-state index is 10.9. The van der Waals surface area contributed by atoms with E-state index >= 15 is 0 Å². The van der Waals surface area contributed by atoms with Gasteiger partial charge in [-0.05, 0) is 26.0 Å². The number of aryl methyl sites for hydroxylation is 1. The lowest BCUT2D eigenvalue weighted by Crippen LogP contribution is -2.10. The molecule has 0 spiro atoms. The van der Waals surface area contributed by atoms with Crippen molar-refractivity contribution in [3.63, 3.8) is 0 Å². The van der Waals surface area contributed by atoms with Crippen LogP contribution in [-0.2, 0) is 0 Å². The van der Waals surface area contributed by atoms with Crippen molar-refractivity contribution in [3.05, 3.63) is 53.1 Å². The highest BCUT2D eigenvalue weighted by atomic mass is 32.1. The second-order valence-corrected chi connectivity index (χ2v) is 6.38. The summed E-state index contributed by atoms with van der Waals surface area (Å²) in [5, 5.41) is 10.9. The van der Waals surface area contributed by atoms with E-state index in [1.807, 2.05) is 42.5 Å². The molecule has 0 aliphatic carbocycles. The normalized spacial score (nSPS) is 12.8. The molecule has 1 N–H and O–H groups in total. The van der Waals surface area contributed by atoms with E-state index < -0.39 is 6.10 Å². The molecule has 0 fully saturated rings. The van der Waals surface area contributed by atoms with E-state index in [0.717, 1.165) is 32.9 Å². The van der Waals surface area contributed by atoms with Crippen LogP contribution < -0.4 is 4.74 Å². The van der Waals surface area contributed by atoms with Gasteiger partial charge in [-0.2, -0.15) is 4.37 Å². The van der Waals surface area contributed by atoms with Crippen LogP contribution in [0, 0.1) is 13.8 Å². The molecule has 0 saturated heterocycles. The van der Waals surface area contributed by atoms with E-state index in [2.05, 4.69) is 14.3 Å². The summed E-state index contributed by atoms with van der Waals surface area (Å²) in [5.74, 6) is 1.26. The van der Waals surface area contributed by atoms with Crippen molar-refractivity contribution in [3.8, 4) is 5.75 Å². The van der Waals surface area contributed by atoms with E-state index in [4.69, 9.17) is 4.74 Å². The van der Waals surface area contributed by atoms with Crippen LogP contribution in [0.4, 0.5) is 0 Å². The van der Waals surface area contributed by atoms with Crippen LogP contribution in [0.1, 0.15) is 28.7 Å². The van der Waals surface area contributed by atoms with Gasteiger partial charge < -0.3 is 9.84 Å². The van der Waals surface area contributed by atoms with Crippen molar-refractivity contribution in [1.82, 2.24) is 18.7 Å². The minimum atomic E-state index is -0.953. The summed E-state index contributed by atoms with van der Waals surface area (Å²) < 4.78 is 11.7. The molecule has 4 rings (SSSR count). The van der Waals surface area contributed by atoms with Crippen LogP contribution in [0.15, 0.2) is 30.5 Å². The van der Waals surface area contributed by atoms with Gasteiger partial charge in [0, 0.05) is 28.9 Å². The first-order chi connectivity index (χ1) is 11.6. The maximum atomic E-state index is 10.9. The Hall–Kier alpha value is -2.51. The summed E-state index contributed by atoms with van der Waals surface area (Å²) in [5.41, 5.74) is 4.10. The molecule has 4 aromatic rings. The molecule has 0 saturated carbocycles. The highest BCUT2D eigenvalue weighted by molar-refractivity contribution is 7.11. The van der Waals surface area contributed by atoms with Crippen LogP contribution in [0.5, 0.6) is 5.75 Å². The Balaban J connectivity index is 1.92. The Bertz CT molecular complexity index is 1050. The Labute approximate surface area is 142 Å². The monoisotopic (exact) mass is 340 g/mol. The fraction of sp³-hybridized carbons (Fsp3) is 0.235. The predicted molar refractivity (Wildman–Crippen MR) is 92.7 cm³/mol. The summed E-state index contributed by atoms with van der Waals surface area (Å²) >= 11 is 1.26. The quantitative estimate of drug-likeness (QED) is 0.620. The number of rotatable bonds is 3. The number of aliphatic hydroxyl groups is 1. The van der Waals surface area contributed by atoms with Gasteiger partial charge in [0.15, 0.2) is 11.9 Å². The largest absolute Gasteiger partial charge is 0.496 e. The van der Waals surface area contributed by atoms with Crippen molar-refractivity contribution < 1.29 is 9.84 Å². The molecule has 24 heavy (non-hydrogen) atoms. The summed E-state index contributed by atoms with van der Waals surface area (Å²) in [6.45, 7) is 3.83. The van der Waals surface area contributed by atoms with Gasteiger partial charge in [-0.3, -0.25) is 9.38 Å². The van der Waals surface area contributed by atoms with Gasteiger partial charge >= 0.3 is 0 Å². The summed E-state index contributed by atoms with van der Waals surface area (Å²) in [6.07, 6.45) is 0.755. The number of nitrogens with zero attached hydrogens (tertiary/aromatic N) is 4. The van der Waals surface area contributed by atoms with Gasteiger partial charge in [-0.1, -0.05) is 12.1 Å². The summed E-state index contributed by atoms with van der Waals surface area (Å²) in [7, 11) is 1.62. The van der Waals surface area contributed by atoms with E-state index in [0.29, 0.717) is 11.5 Å². The van der Waals surface area contributed by atoms with Crippen LogP contribution in [-0.4, -0.2) is 31.0 Å². The van der Waals surface area contributed by atoms with Gasteiger partial charge in [0.25, 0.3) is 0 Å². The number of imidazole rings is 1. The molecule has 1 aromatic carbocycles. The number of pyridine rings is 1.